The van der Waals surface area contributed by atoms with Crippen LogP contribution >= 0.6 is 11.6 Å². The minimum Gasteiger partial charge on any atom is -0.367 e. The minimum absolute atomic E-state index is 0.115. The molecule has 0 unspecified atom stereocenters. The Kier molecular flexibility index (Phi) is 5.99. The average molecular weight is 496 g/mol. The first-order chi connectivity index (χ1) is 17.7. The van der Waals surface area contributed by atoms with Crippen LogP contribution in [0.15, 0.2) is 91.5 Å². The molecule has 2 atom stereocenters. The van der Waals surface area contributed by atoms with Gasteiger partial charge in [-0.05, 0) is 41.6 Å². The number of hydrogen-bond acceptors (Lipinski definition) is 5. The fourth-order valence-electron chi connectivity index (χ4n) is 4.93. The highest BCUT2D eigenvalue weighted by Crippen LogP contribution is 2.34. The molecular formula is C28H26ClN7. The molecule has 7 nitrogen and oxygen atoms in total. The smallest absolute Gasteiger partial charge is 0.226 e. The largest absolute Gasteiger partial charge is 0.367 e. The molecule has 5 aromatic rings. The molecule has 180 valence electrons. The number of fused-ring (bicyclic) bond motifs is 1. The van der Waals surface area contributed by atoms with E-state index in [0.29, 0.717) is 17.9 Å². The Morgan fingerprint density at radius 3 is 2.33 bits per heavy atom. The molecule has 1 N–H and O–H groups in total. The molecule has 8 heteroatoms. The van der Waals surface area contributed by atoms with Crippen molar-refractivity contribution in [2.24, 2.45) is 0 Å². The maximum Gasteiger partial charge on any atom is 0.226 e. The highest BCUT2D eigenvalue weighted by Gasteiger charge is 2.25. The normalized spacial score (nSPS) is 17.3. The lowest BCUT2D eigenvalue weighted by Gasteiger charge is -2.19. The second-order valence-electron chi connectivity index (χ2n) is 9.17. The van der Waals surface area contributed by atoms with E-state index in [4.69, 9.17) is 16.6 Å². The first-order valence-corrected chi connectivity index (χ1v) is 12.5. The van der Waals surface area contributed by atoms with Crippen LogP contribution in [0.5, 0.6) is 0 Å². The molecule has 0 amide bonds. The maximum atomic E-state index is 6.40. The summed E-state index contributed by atoms with van der Waals surface area (Å²) >= 11 is 6.40. The predicted molar refractivity (Wildman–Crippen MR) is 142 cm³/mol. The molecule has 1 aliphatic rings. The highest BCUT2D eigenvalue weighted by atomic mass is 35.5. The Labute approximate surface area is 214 Å². The van der Waals surface area contributed by atoms with Gasteiger partial charge in [-0.2, -0.15) is 15.1 Å². The summed E-state index contributed by atoms with van der Waals surface area (Å²) in [5.41, 5.74) is 5.05. The third-order valence-electron chi connectivity index (χ3n) is 6.74. The van der Waals surface area contributed by atoms with Crippen molar-refractivity contribution in [2.45, 2.75) is 31.3 Å². The van der Waals surface area contributed by atoms with Gasteiger partial charge in [-0.3, -0.25) is 4.68 Å². The first kappa shape index (κ1) is 22.5. The van der Waals surface area contributed by atoms with Gasteiger partial charge in [0.2, 0.25) is 5.28 Å². The molecule has 36 heavy (non-hydrogen) atoms. The monoisotopic (exact) mass is 495 g/mol. The third-order valence-corrected chi connectivity index (χ3v) is 6.91. The van der Waals surface area contributed by atoms with Crippen LogP contribution in [0.4, 0.5) is 5.82 Å². The molecule has 3 heterocycles. The van der Waals surface area contributed by atoms with Crippen LogP contribution < -0.4 is 5.32 Å². The number of nitrogens with one attached hydrogen (secondary N) is 1. The molecule has 0 radical (unpaired) electrons. The van der Waals surface area contributed by atoms with Gasteiger partial charge >= 0.3 is 0 Å². The van der Waals surface area contributed by atoms with Crippen LogP contribution in [-0.2, 0) is 0 Å². The van der Waals surface area contributed by atoms with Crippen molar-refractivity contribution < 1.29 is 0 Å². The van der Waals surface area contributed by atoms with Gasteiger partial charge in [-0.15, -0.1) is 0 Å². The third kappa shape index (κ3) is 4.38. The molecule has 0 bridgehead atoms. The predicted octanol–water partition coefficient (Wildman–Crippen LogP) is 5.97. The number of imidazole rings is 1. The number of allylic oxidation sites excluding steroid dienone is 2. The topological polar surface area (TPSA) is 73.5 Å². The lowest BCUT2D eigenvalue weighted by atomic mass is 9.91. The first-order valence-electron chi connectivity index (χ1n) is 12.1. The standard InChI is InChI=1S/C28H26ClN7/c1-19-15-32-36(17-19)23-13-12-22(14-23)35-18-31-25-26(33-28(29)34-27(25)35)30-16-24(20-8-4-2-5-9-20)21-10-6-3-7-11-21/h2-13,15,17-18,22-24H,14,16H2,1H3,(H,30,33,34)/t22-,23+/m0/s1. The van der Waals surface area contributed by atoms with E-state index in [2.05, 4.69) is 98.8 Å². The van der Waals surface area contributed by atoms with Crippen LogP contribution in [0.3, 0.4) is 0 Å². The number of aryl methyl sites for hydroxylation is 1. The van der Waals surface area contributed by atoms with Gasteiger partial charge < -0.3 is 9.88 Å². The Morgan fingerprint density at radius 2 is 1.67 bits per heavy atom. The van der Waals surface area contributed by atoms with Gasteiger partial charge in [-0.1, -0.05) is 72.8 Å². The van der Waals surface area contributed by atoms with Crippen molar-refractivity contribution >= 4 is 28.6 Å². The van der Waals surface area contributed by atoms with Gasteiger partial charge in [0.25, 0.3) is 0 Å². The van der Waals surface area contributed by atoms with Crippen molar-refractivity contribution in [3.05, 3.63) is 114 Å². The van der Waals surface area contributed by atoms with Gasteiger partial charge in [0, 0.05) is 18.7 Å². The van der Waals surface area contributed by atoms with Crippen molar-refractivity contribution in [3.63, 3.8) is 0 Å². The van der Waals surface area contributed by atoms with Crippen molar-refractivity contribution in [3.8, 4) is 0 Å². The van der Waals surface area contributed by atoms with Gasteiger partial charge in [0.05, 0.1) is 24.6 Å². The SMILES string of the molecule is Cc1cnn([C@@H]2C=C[C@H](n3cnc4c(NCC(c5ccccc5)c5ccccc5)nc(Cl)nc43)C2)c1. The van der Waals surface area contributed by atoms with Gasteiger partial charge in [0.15, 0.2) is 17.0 Å². The highest BCUT2D eigenvalue weighted by molar-refractivity contribution is 6.28. The maximum absolute atomic E-state index is 6.40. The summed E-state index contributed by atoms with van der Waals surface area (Å²) in [6, 6.07) is 21.3. The lowest BCUT2D eigenvalue weighted by molar-refractivity contribution is 0.465. The fourth-order valence-corrected chi connectivity index (χ4v) is 5.10. The van der Waals surface area contributed by atoms with Gasteiger partial charge in [0.1, 0.15) is 0 Å². The molecule has 0 saturated heterocycles. The molecule has 6 rings (SSSR count). The van der Waals surface area contributed by atoms with Crippen molar-refractivity contribution in [1.82, 2.24) is 29.3 Å². The summed E-state index contributed by atoms with van der Waals surface area (Å²) < 4.78 is 4.08. The Bertz CT molecular complexity index is 1470. The molecule has 0 spiro atoms. The summed E-state index contributed by atoms with van der Waals surface area (Å²) in [4.78, 5) is 13.7. The lowest BCUT2D eigenvalue weighted by Crippen LogP contribution is -2.15. The van der Waals surface area contributed by atoms with Crippen LogP contribution in [0.1, 0.15) is 41.1 Å². The zero-order chi connectivity index (χ0) is 24.5. The zero-order valence-electron chi connectivity index (χ0n) is 19.9. The van der Waals surface area contributed by atoms with E-state index >= 15 is 0 Å². The van der Waals surface area contributed by atoms with E-state index in [1.54, 1.807) is 0 Å². The van der Waals surface area contributed by atoms with Crippen molar-refractivity contribution in [1.29, 1.82) is 0 Å². The molecule has 0 fully saturated rings. The molecule has 1 aliphatic carbocycles. The van der Waals surface area contributed by atoms with Gasteiger partial charge in [-0.25, -0.2) is 4.98 Å². The Balaban J connectivity index is 1.27. The summed E-state index contributed by atoms with van der Waals surface area (Å²) in [7, 11) is 0. The Hall–Kier alpha value is -3.97. The summed E-state index contributed by atoms with van der Waals surface area (Å²) in [6.07, 6.45) is 11.0. The van der Waals surface area contributed by atoms with Crippen LogP contribution in [-0.4, -0.2) is 35.8 Å². The van der Waals surface area contributed by atoms with E-state index in [0.717, 1.165) is 17.6 Å². The number of halogens is 1. The van der Waals surface area contributed by atoms with E-state index in [-0.39, 0.29) is 23.3 Å². The number of aromatic nitrogens is 6. The minimum atomic E-state index is 0.115. The molecular weight excluding hydrogens is 470 g/mol. The fraction of sp³-hybridized carbons (Fsp3) is 0.214. The second kappa shape index (κ2) is 9.59. The number of anilines is 1. The summed E-state index contributed by atoms with van der Waals surface area (Å²) in [5.74, 6) is 0.788. The van der Waals surface area contributed by atoms with Crippen molar-refractivity contribution in [2.75, 3.05) is 11.9 Å². The van der Waals surface area contributed by atoms with Crippen LogP contribution in [0, 0.1) is 6.92 Å². The van der Waals surface area contributed by atoms with E-state index in [1.807, 2.05) is 29.3 Å². The second-order valence-corrected chi connectivity index (χ2v) is 9.51. The molecule has 0 saturated carbocycles. The van der Waals surface area contributed by atoms with Crippen LogP contribution in [0.2, 0.25) is 5.28 Å². The number of rotatable bonds is 7. The zero-order valence-corrected chi connectivity index (χ0v) is 20.6. The molecule has 0 aliphatic heterocycles. The Morgan fingerprint density at radius 1 is 0.972 bits per heavy atom. The molecule has 3 aromatic heterocycles. The average Bonchev–Trinajstić information content (AvgIpc) is 3.65. The molecule has 2 aromatic carbocycles. The van der Waals surface area contributed by atoms with E-state index in [9.17, 15) is 0 Å². The summed E-state index contributed by atoms with van der Waals surface area (Å²) in [6.45, 7) is 2.70. The number of hydrogen-bond donors (Lipinski definition) is 1. The summed E-state index contributed by atoms with van der Waals surface area (Å²) in [5, 5.41) is 8.20. The van der Waals surface area contributed by atoms with Crippen LogP contribution in [0.25, 0.3) is 11.2 Å². The van der Waals surface area contributed by atoms with E-state index < -0.39 is 0 Å². The quantitative estimate of drug-likeness (QED) is 0.222. The number of benzene rings is 2. The number of nitrogens with zero attached hydrogens (tertiary/aromatic N) is 6. The van der Waals surface area contributed by atoms with E-state index in [1.165, 1.54) is 11.1 Å².